The lowest BCUT2D eigenvalue weighted by Gasteiger charge is -2.18. The number of rotatable bonds is 47. The van der Waals surface area contributed by atoms with E-state index < -0.39 is 6.10 Å². The molecule has 0 spiro atoms. The zero-order valence-electron chi connectivity index (χ0n) is 42.2. The first kappa shape index (κ1) is 61.3. The molecule has 0 amide bonds. The van der Waals surface area contributed by atoms with Gasteiger partial charge in [0.1, 0.15) is 13.2 Å². The predicted molar refractivity (Wildman–Crippen MR) is 279 cm³/mol. The van der Waals surface area contributed by atoms with Gasteiger partial charge in [0, 0.05) is 19.3 Å². The van der Waals surface area contributed by atoms with Gasteiger partial charge in [0.2, 0.25) is 0 Å². The van der Waals surface area contributed by atoms with Gasteiger partial charge in [-0.05, 0) is 96.3 Å². The quantitative estimate of drug-likeness (QED) is 0.0262. The van der Waals surface area contributed by atoms with E-state index in [1.807, 2.05) is 0 Å². The van der Waals surface area contributed by atoms with Gasteiger partial charge in [-0.15, -0.1) is 0 Å². The maximum absolute atomic E-state index is 12.8. The molecule has 6 heteroatoms. The van der Waals surface area contributed by atoms with E-state index in [9.17, 15) is 14.4 Å². The maximum Gasteiger partial charge on any atom is 0.306 e. The van der Waals surface area contributed by atoms with Gasteiger partial charge in [-0.25, -0.2) is 0 Å². The van der Waals surface area contributed by atoms with Gasteiger partial charge in [0.25, 0.3) is 0 Å². The molecule has 0 aromatic carbocycles. The summed E-state index contributed by atoms with van der Waals surface area (Å²) in [6.45, 7) is 6.37. The number of ether oxygens (including phenoxy) is 3. The highest BCUT2D eigenvalue weighted by molar-refractivity contribution is 5.71. The molecule has 0 aromatic heterocycles. The van der Waals surface area contributed by atoms with Gasteiger partial charge in [-0.3, -0.25) is 14.4 Å². The van der Waals surface area contributed by atoms with E-state index in [1.165, 1.54) is 64.2 Å². The van der Waals surface area contributed by atoms with Gasteiger partial charge in [0.05, 0.1) is 0 Å². The third-order valence-corrected chi connectivity index (χ3v) is 11.1. The number of carbonyl (C=O) groups is 3. The Morgan fingerprint density at radius 1 is 0.323 bits per heavy atom. The molecule has 0 aliphatic heterocycles. The molecule has 1 atom stereocenters. The third kappa shape index (κ3) is 51.2. The molecule has 0 rings (SSSR count). The fraction of sp³-hybridized carbons (Fsp3) is 0.678. The minimum atomic E-state index is -0.790. The van der Waals surface area contributed by atoms with E-state index in [-0.39, 0.29) is 31.1 Å². The van der Waals surface area contributed by atoms with Crippen molar-refractivity contribution in [3.05, 3.63) is 97.2 Å². The molecule has 0 aliphatic carbocycles. The molecule has 0 fully saturated rings. The van der Waals surface area contributed by atoms with Crippen molar-refractivity contribution >= 4 is 17.9 Å². The number of hydrogen-bond acceptors (Lipinski definition) is 6. The predicted octanol–water partition coefficient (Wildman–Crippen LogP) is 17.8. The lowest BCUT2D eigenvalue weighted by molar-refractivity contribution is -0.167. The Morgan fingerprint density at radius 3 is 0.938 bits per heavy atom. The summed E-state index contributed by atoms with van der Waals surface area (Å²) in [5, 5.41) is 0. The van der Waals surface area contributed by atoms with E-state index in [0.717, 1.165) is 135 Å². The number of unbranched alkanes of at least 4 members (excludes halogenated alkanes) is 20. The van der Waals surface area contributed by atoms with Gasteiger partial charge in [-0.2, -0.15) is 0 Å². The normalized spacial score (nSPS) is 12.8. The molecule has 370 valence electrons. The van der Waals surface area contributed by atoms with Gasteiger partial charge < -0.3 is 14.2 Å². The maximum atomic E-state index is 12.8. The van der Waals surface area contributed by atoms with Crippen LogP contribution in [0.5, 0.6) is 0 Å². The first-order valence-corrected chi connectivity index (χ1v) is 26.7. The van der Waals surface area contributed by atoms with Crippen LogP contribution in [0.3, 0.4) is 0 Å². The number of hydrogen-bond donors (Lipinski definition) is 0. The van der Waals surface area contributed by atoms with Gasteiger partial charge in [-0.1, -0.05) is 221 Å². The Balaban J connectivity index is 4.37. The smallest absolute Gasteiger partial charge is 0.306 e. The van der Waals surface area contributed by atoms with Crippen LogP contribution in [-0.4, -0.2) is 37.2 Å². The highest BCUT2D eigenvalue weighted by atomic mass is 16.6. The molecule has 0 radical (unpaired) electrons. The van der Waals surface area contributed by atoms with E-state index in [0.29, 0.717) is 19.3 Å². The molecule has 0 aliphatic rings. The highest BCUT2D eigenvalue weighted by Crippen LogP contribution is 2.14. The number of allylic oxidation sites excluding steroid dienone is 16. The van der Waals surface area contributed by atoms with E-state index in [2.05, 4.69) is 118 Å². The largest absolute Gasteiger partial charge is 0.462 e. The van der Waals surface area contributed by atoms with Crippen LogP contribution in [0.2, 0.25) is 0 Å². The van der Waals surface area contributed by atoms with Crippen molar-refractivity contribution < 1.29 is 28.6 Å². The van der Waals surface area contributed by atoms with Crippen molar-refractivity contribution in [2.75, 3.05) is 13.2 Å². The minimum absolute atomic E-state index is 0.0878. The van der Waals surface area contributed by atoms with Crippen LogP contribution in [0.25, 0.3) is 0 Å². The molecular weight excluding hydrogens is 805 g/mol. The second-order valence-electron chi connectivity index (χ2n) is 17.4. The van der Waals surface area contributed by atoms with Crippen molar-refractivity contribution in [2.45, 2.75) is 245 Å². The molecule has 65 heavy (non-hydrogen) atoms. The third-order valence-electron chi connectivity index (χ3n) is 11.1. The van der Waals surface area contributed by atoms with Crippen LogP contribution in [0.4, 0.5) is 0 Å². The zero-order chi connectivity index (χ0) is 47.2. The summed E-state index contributed by atoms with van der Waals surface area (Å²) in [6, 6.07) is 0. The second kappa shape index (κ2) is 52.9. The number of esters is 3. The summed E-state index contributed by atoms with van der Waals surface area (Å²) in [5.41, 5.74) is 0. The first-order chi connectivity index (χ1) is 32.0. The van der Waals surface area contributed by atoms with Crippen molar-refractivity contribution in [3.63, 3.8) is 0 Å². The summed E-state index contributed by atoms with van der Waals surface area (Å²) in [6.07, 6.45) is 69.6. The molecule has 6 nitrogen and oxygen atoms in total. The fourth-order valence-electron chi connectivity index (χ4n) is 7.13. The van der Waals surface area contributed by atoms with E-state index in [1.54, 1.807) is 0 Å². The van der Waals surface area contributed by atoms with Crippen molar-refractivity contribution in [2.24, 2.45) is 0 Å². The Kier molecular flexibility index (Phi) is 50.0. The van der Waals surface area contributed by atoms with Crippen LogP contribution in [0.1, 0.15) is 239 Å². The summed E-state index contributed by atoms with van der Waals surface area (Å²) in [7, 11) is 0. The molecule has 1 unspecified atom stereocenters. The molecule has 0 aromatic rings. The Hall–Kier alpha value is -3.67. The average molecular weight is 903 g/mol. The first-order valence-electron chi connectivity index (χ1n) is 26.7. The van der Waals surface area contributed by atoms with Gasteiger partial charge in [0.15, 0.2) is 6.10 Å². The van der Waals surface area contributed by atoms with Gasteiger partial charge >= 0.3 is 17.9 Å². The molecule has 0 N–H and O–H groups in total. The highest BCUT2D eigenvalue weighted by Gasteiger charge is 2.19. The Bertz CT molecular complexity index is 1310. The summed E-state index contributed by atoms with van der Waals surface area (Å²) < 4.78 is 16.8. The van der Waals surface area contributed by atoms with Crippen molar-refractivity contribution in [1.82, 2.24) is 0 Å². The lowest BCUT2D eigenvalue weighted by atomic mass is 10.1. The van der Waals surface area contributed by atoms with Crippen LogP contribution in [-0.2, 0) is 28.6 Å². The molecule has 0 bridgehead atoms. The molecule has 0 saturated heterocycles. The van der Waals surface area contributed by atoms with Crippen LogP contribution in [0.15, 0.2) is 97.2 Å². The SMILES string of the molecule is CC/C=C\C/C=C\C/C=C\C/C=C\CCCCCCCCC(=O)OCC(COC(=O)CCCCCCCCCCC)OC(=O)CCCCCCCC/C=C\C/C=C\C/C=C\C/C=C\CC. The molecule has 0 saturated carbocycles. The number of carbonyl (C=O) groups excluding carboxylic acids is 3. The summed E-state index contributed by atoms with van der Waals surface area (Å²) in [4.78, 5) is 38.0. The molecular formula is C59H98O6. The van der Waals surface area contributed by atoms with Crippen molar-refractivity contribution in [1.29, 1.82) is 0 Å². The zero-order valence-corrected chi connectivity index (χ0v) is 42.2. The minimum Gasteiger partial charge on any atom is -0.462 e. The Labute approximate surface area is 400 Å². The summed E-state index contributed by atoms with van der Waals surface area (Å²) >= 11 is 0. The standard InChI is InChI=1S/C59H98O6/c1-4-7-10-13-16-19-21-23-25-27-29-31-33-35-37-40-43-46-49-52-58(61)64-55-56(54-63-57(60)51-48-45-42-39-18-15-12-9-6-3)65-59(62)53-50-47-44-41-38-36-34-32-30-28-26-24-22-20-17-14-11-8-5-2/h7-8,10-11,16-17,19-20,23-26,29-32,56H,4-6,9,12-15,18,21-22,27-28,33-55H2,1-3H3/b10-7-,11-8-,19-16-,20-17-,25-23-,26-24-,31-29-,32-30-. The average Bonchev–Trinajstić information content (AvgIpc) is 3.30. The molecule has 0 heterocycles. The second-order valence-corrected chi connectivity index (χ2v) is 17.4. The van der Waals surface area contributed by atoms with Crippen LogP contribution >= 0.6 is 0 Å². The Morgan fingerprint density at radius 2 is 0.600 bits per heavy atom. The van der Waals surface area contributed by atoms with Crippen molar-refractivity contribution in [3.8, 4) is 0 Å². The topological polar surface area (TPSA) is 78.9 Å². The van der Waals surface area contributed by atoms with E-state index >= 15 is 0 Å². The monoisotopic (exact) mass is 903 g/mol. The van der Waals surface area contributed by atoms with Crippen LogP contribution < -0.4 is 0 Å². The fourth-order valence-corrected chi connectivity index (χ4v) is 7.13. The summed E-state index contributed by atoms with van der Waals surface area (Å²) in [5.74, 6) is -0.920. The van der Waals surface area contributed by atoms with E-state index in [4.69, 9.17) is 14.2 Å². The lowest BCUT2D eigenvalue weighted by Crippen LogP contribution is -2.30. The van der Waals surface area contributed by atoms with Crippen LogP contribution in [0, 0.1) is 0 Å².